The third kappa shape index (κ3) is 1.47. The fourth-order valence-electron chi connectivity index (χ4n) is 1.69. The van der Waals surface area contributed by atoms with Gasteiger partial charge in [-0.1, -0.05) is 18.2 Å². The van der Waals surface area contributed by atoms with Crippen LogP contribution in [0.3, 0.4) is 0 Å². The van der Waals surface area contributed by atoms with Crippen LogP contribution in [0.1, 0.15) is 4.11 Å². The van der Waals surface area contributed by atoms with Crippen LogP contribution in [0.5, 0.6) is 0 Å². The van der Waals surface area contributed by atoms with E-state index in [4.69, 9.17) is 8.53 Å². The van der Waals surface area contributed by atoms with Crippen LogP contribution in [0.15, 0.2) is 51.1 Å². The van der Waals surface area contributed by atoms with Crippen molar-refractivity contribution in [3.63, 3.8) is 0 Å². The molecule has 0 aliphatic carbocycles. The molecule has 0 saturated carbocycles. The molecule has 0 fully saturated rings. The van der Waals surface area contributed by atoms with E-state index in [0.717, 1.165) is 27.6 Å². The van der Waals surface area contributed by atoms with Gasteiger partial charge < -0.3 is 4.42 Å². The van der Waals surface area contributed by atoms with E-state index in [1.165, 1.54) is 0 Å². The summed E-state index contributed by atoms with van der Waals surface area (Å²) < 4.78 is 28.2. The molecule has 0 amide bonds. The highest BCUT2D eigenvalue weighted by Crippen LogP contribution is 2.40. The number of hydrogen-bond donors (Lipinski definition) is 0. The molecule has 0 aliphatic heterocycles. The highest BCUT2D eigenvalue weighted by atomic mass is 32.2. The average Bonchev–Trinajstić information content (AvgIpc) is 2.95. The first-order chi connectivity index (χ1) is 9.04. The molecular weight excluding hydrogens is 236 g/mol. The van der Waals surface area contributed by atoms with Gasteiger partial charge >= 0.3 is 0 Å². The highest BCUT2D eigenvalue weighted by molar-refractivity contribution is 7.99. The van der Waals surface area contributed by atoms with Crippen LogP contribution in [-0.2, 0) is 0 Å². The van der Waals surface area contributed by atoms with Crippen molar-refractivity contribution >= 4 is 34.1 Å². The summed E-state index contributed by atoms with van der Waals surface area (Å²) in [7, 11) is 0. The number of rotatable bonds is 2. The topological polar surface area (TPSA) is 13.1 Å². The highest BCUT2D eigenvalue weighted by Gasteiger charge is 2.14. The summed E-state index contributed by atoms with van der Waals surface area (Å²) in [4.78, 5) is 1.64. The monoisotopic (exact) mass is 249 g/mol. The first kappa shape index (κ1) is 7.20. The number of para-hydroxylation sites is 1. The van der Waals surface area contributed by atoms with Crippen LogP contribution in [0.2, 0.25) is 0 Å². The van der Waals surface area contributed by atoms with Gasteiger partial charge in [0, 0.05) is 9.50 Å². The summed E-state index contributed by atoms with van der Waals surface area (Å²) in [5.41, 5.74) is 0.720. The Hall–Kier alpha value is -1.19. The second-order valence-corrected chi connectivity index (χ2v) is 4.90. The van der Waals surface area contributed by atoms with Crippen molar-refractivity contribution in [2.75, 3.05) is 6.18 Å². The molecule has 1 aromatic carbocycles. The van der Waals surface area contributed by atoms with Crippen molar-refractivity contribution in [2.24, 2.45) is 0 Å². The number of furan rings is 1. The van der Waals surface area contributed by atoms with E-state index in [2.05, 4.69) is 0 Å². The lowest BCUT2D eigenvalue weighted by atomic mass is 10.2. The SMILES string of the molecule is [2H]C([2H])([2H])Sc1c(-c2cccs2)oc2ccccc12. The van der Waals surface area contributed by atoms with Crippen LogP contribution in [0, 0.1) is 0 Å². The normalized spacial score (nSPS) is 14.6. The van der Waals surface area contributed by atoms with E-state index < -0.39 is 6.18 Å². The quantitative estimate of drug-likeness (QED) is 0.600. The zero-order valence-corrected chi connectivity index (χ0v) is 9.90. The van der Waals surface area contributed by atoms with Crippen LogP contribution < -0.4 is 0 Å². The number of benzene rings is 1. The first-order valence-electron chi connectivity index (χ1n) is 6.29. The Morgan fingerprint density at radius 2 is 2.19 bits per heavy atom. The van der Waals surface area contributed by atoms with Gasteiger partial charge in [-0.2, -0.15) is 0 Å². The molecule has 0 unspecified atom stereocenters. The molecule has 0 radical (unpaired) electrons. The van der Waals surface area contributed by atoms with Gasteiger partial charge in [0.25, 0.3) is 0 Å². The lowest BCUT2D eigenvalue weighted by Gasteiger charge is -1.95. The van der Waals surface area contributed by atoms with Gasteiger partial charge in [-0.15, -0.1) is 23.1 Å². The van der Waals surface area contributed by atoms with Crippen molar-refractivity contribution in [1.82, 2.24) is 0 Å². The lowest BCUT2D eigenvalue weighted by molar-refractivity contribution is 0.626. The summed E-state index contributed by atoms with van der Waals surface area (Å²) in [5.74, 6) is 0.650. The van der Waals surface area contributed by atoms with E-state index in [-0.39, 0.29) is 0 Å². The van der Waals surface area contributed by atoms with Crippen LogP contribution in [-0.4, -0.2) is 6.18 Å². The predicted molar refractivity (Wildman–Crippen MR) is 71.3 cm³/mol. The second kappa shape index (κ2) is 4.00. The Bertz CT molecular complexity index is 698. The van der Waals surface area contributed by atoms with Crippen molar-refractivity contribution in [3.8, 4) is 10.6 Å². The number of thioether (sulfide) groups is 1. The van der Waals surface area contributed by atoms with E-state index >= 15 is 0 Å². The maximum Gasteiger partial charge on any atom is 0.158 e. The molecule has 2 heterocycles. The molecule has 0 bridgehead atoms. The fraction of sp³-hybridized carbons (Fsp3) is 0.0769. The van der Waals surface area contributed by atoms with Crippen molar-refractivity contribution in [1.29, 1.82) is 0 Å². The van der Waals surface area contributed by atoms with Gasteiger partial charge in [0.1, 0.15) is 5.58 Å². The van der Waals surface area contributed by atoms with E-state index in [1.807, 2.05) is 41.8 Å². The molecule has 80 valence electrons. The first-order valence-corrected chi connectivity index (χ1v) is 6.49. The largest absolute Gasteiger partial charge is 0.454 e. The summed E-state index contributed by atoms with van der Waals surface area (Å²) in [6.07, 6.45) is -2.08. The Balaban J connectivity index is 2.23. The maximum absolute atomic E-state index is 7.46. The molecule has 0 N–H and O–H groups in total. The van der Waals surface area contributed by atoms with Gasteiger partial charge in [-0.3, -0.25) is 0 Å². The summed E-state index contributed by atoms with van der Waals surface area (Å²) in [6, 6.07) is 11.4. The van der Waals surface area contributed by atoms with Crippen molar-refractivity contribution < 1.29 is 8.53 Å². The van der Waals surface area contributed by atoms with E-state index in [1.54, 1.807) is 11.3 Å². The van der Waals surface area contributed by atoms with Gasteiger partial charge in [0.2, 0.25) is 0 Å². The second-order valence-electron chi connectivity index (χ2n) is 3.34. The van der Waals surface area contributed by atoms with E-state index in [9.17, 15) is 0 Å². The number of hydrogen-bond acceptors (Lipinski definition) is 3. The summed E-state index contributed by atoms with van der Waals surface area (Å²) >= 11 is 2.42. The lowest BCUT2D eigenvalue weighted by Crippen LogP contribution is -1.70. The summed E-state index contributed by atoms with van der Waals surface area (Å²) in [6.45, 7) is 0. The third-order valence-electron chi connectivity index (χ3n) is 2.40. The molecule has 0 atom stereocenters. The summed E-state index contributed by atoms with van der Waals surface area (Å²) in [5, 5.41) is 2.80. The Kier molecular flexibility index (Phi) is 1.80. The molecule has 3 heteroatoms. The Morgan fingerprint density at radius 1 is 1.25 bits per heavy atom. The van der Waals surface area contributed by atoms with Crippen molar-refractivity contribution in [3.05, 3.63) is 41.8 Å². The molecule has 0 saturated heterocycles. The molecule has 3 rings (SSSR count). The van der Waals surface area contributed by atoms with Gasteiger partial charge in [-0.25, -0.2) is 0 Å². The van der Waals surface area contributed by atoms with Crippen LogP contribution in [0.25, 0.3) is 21.6 Å². The molecular formula is C13H10OS2. The Morgan fingerprint density at radius 3 is 3.00 bits per heavy atom. The zero-order valence-electron chi connectivity index (χ0n) is 11.3. The molecule has 16 heavy (non-hydrogen) atoms. The van der Waals surface area contributed by atoms with Gasteiger partial charge in [0.05, 0.1) is 9.77 Å². The number of fused-ring (bicyclic) bond motifs is 1. The molecule has 0 aliphatic rings. The minimum Gasteiger partial charge on any atom is -0.454 e. The predicted octanol–water partition coefficient (Wildman–Crippen LogP) is 4.88. The minimum atomic E-state index is -2.08. The molecule has 1 nitrogen and oxygen atoms in total. The maximum atomic E-state index is 7.46. The molecule has 3 aromatic rings. The minimum absolute atomic E-state index is 0.650. The third-order valence-corrected chi connectivity index (χ3v) is 3.88. The smallest absolute Gasteiger partial charge is 0.158 e. The average molecular weight is 249 g/mol. The van der Waals surface area contributed by atoms with E-state index in [0.29, 0.717) is 10.7 Å². The fourth-order valence-corrected chi connectivity index (χ4v) is 2.99. The molecule has 2 aromatic heterocycles. The van der Waals surface area contributed by atoms with Crippen LogP contribution in [0.4, 0.5) is 0 Å². The van der Waals surface area contributed by atoms with Gasteiger partial charge in [0.15, 0.2) is 5.76 Å². The number of thiophene rings is 1. The zero-order chi connectivity index (χ0) is 13.5. The van der Waals surface area contributed by atoms with Crippen LogP contribution >= 0.6 is 23.1 Å². The van der Waals surface area contributed by atoms with Crippen molar-refractivity contribution in [2.45, 2.75) is 4.90 Å². The van der Waals surface area contributed by atoms with Gasteiger partial charge in [-0.05, 0) is 29.8 Å². The molecule has 0 spiro atoms. The Labute approximate surface area is 106 Å². The standard InChI is InChI=1S/C13H10OS2/c1-15-13-9-5-2-3-6-10(9)14-12(13)11-7-4-8-16-11/h2-8H,1H3/i1D3.